The second kappa shape index (κ2) is 7.45. The highest BCUT2D eigenvalue weighted by molar-refractivity contribution is 9.10. The molecule has 0 aliphatic rings. The third kappa shape index (κ3) is 5.32. The van der Waals surface area contributed by atoms with E-state index >= 15 is 0 Å². The van der Waals surface area contributed by atoms with Crippen LogP contribution < -0.4 is 10.6 Å². The summed E-state index contributed by atoms with van der Waals surface area (Å²) in [6, 6.07) is 0. The first kappa shape index (κ1) is 14.2. The average molecular weight is 303 g/mol. The van der Waals surface area contributed by atoms with Crippen LogP contribution in [0.3, 0.4) is 0 Å². The minimum atomic E-state index is -0.305. The van der Waals surface area contributed by atoms with Gasteiger partial charge in [-0.2, -0.15) is 4.98 Å². The monoisotopic (exact) mass is 302 g/mol. The summed E-state index contributed by atoms with van der Waals surface area (Å²) in [5.41, 5.74) is 0. The molecule has 0 aromatic carbocycles. The molecule has 0 radical (unpaired) electrons. The van der Waals surface area contributed by atoms with Crippen LogP contribution in [0.4, 0.5) is 11.8 Å². The molecule has 0 spiro atoms. The van der Waals surface area contributed by atoms with Gasteiger partial charge in [0.1, 0.15) is 5.82 Å². The Morgan fingerprint density at radius 2 is 2.18 bits per heavy atom. The Kier molecular flexibility index (Phi) is 6.21. The molecule has 1 rings (SSSR count). The summed E-state index contributed by atoms with van der Waals surface area (Å²) in [7, 11) is 0. The lowest BCUT2D eigenvalue weighted by Crippen LogP contribution is -2.12. The van der Waals surface area contributed by atoms with Crippen LogP contribution in [0, 0.1) is 0 Å². The number of hydrogen-bond acceptors (Lipinski definition) is 5. The lowest BCUT2D eigenvalue weighted by molar-refractivity contribution is 0.188. The molecule has 1 heterocycles. The summed E-state index contributed by atoms with van der Waals surface area (Å²) in [4.78, 5) is 8.51. The topological polar surface area (TPSA) is 70.1 Å². The average Bonchev–Trinajstić information content (AvgIpc) is 2.29. The number of rotatable bonds is 7. The number of aliphatic hydroxyl groups excluding tert-OH is 1. The van der Waals surface area contributed by atoms with Gasteiger partial charge >= 0.3 is 0 Å². The van der Waals surface area contributed by atoms with Gasteiger partial charge in [0, 0.05) is 19.3 Å². The van der Waals surface area contributed by atoms with Crippen LogP contribution in [0.2, 0.25) is 0 Å². The minimum Gasteiger partial charge on any atom is -0.393 e. The van der Waals surface area contributed by atoms with Crippen LogP contribution in [0.5, 0.6) is 0 Å². The van der Waals surface area contributed by atoms with E-state index in [0.29, 0.717) is 18.9 Å². The molecule has 0 saturated heterocycles. The van der Waals surface area contributed by atoms with Crippen molar-refractivity contribution in [3.63, 3.8) is 0 Å². The van der Waals surface area contributed by atoms with Crippen LogP contribution in [0.1, 0.15) is 26.7 Å². The summed E-state index contributed by atoms with van der Waals surface area (Å²) >= 11 is 3.39. The lowest BCUT2D eigenvalue weighted by Gasteiger charge is -2.10. The van der Waals surface area contributed by atoms with Gasteiger partial charge in [-0.25, -0.2) is 4.98 Å². The van der Waals surface area contributed by atoms with E-state index in [4.69, 9.17) is 0 Å². The molecule has 0 bridgehead atoms. The molecule has 0 amide bonds. The quantitative estimate of drug-likeness (QED) is 0.721. The van der Waals surface area contributed by atoms with Gasteiger partial charge < -0.3 is 15.7 Å². The van der Waals surface area contributed by atoms with Crippen molar-refractivity contribution in [3.05, 3.63) is 10.7 Å². The molecule has 0 aliphatic heterocycles. The first-order valence-corrected chi connectivity index (χ1v) is 6.61. The molecule has 17 heavy (non-hydrogen) atoms. The summed E-state index contributed by atoms with van der Waals surface area (Å²) in [5, 5.41) is 15.5. The van der Waals surface area contributed by atoms with E-state index in [2.05, 4.69) is 43.5 Å². The fraction of sp³-hybridized carbons (Fsp3) is 0.636. The minimum absolute atomic E-state index is 0.305. The highest BCUT2D eigenvalue weighted by atomic mass is 79.9. The van der Waals surface area contributed by atoms with Gasteiger partial charge in [-0.15, -0.1) is 0 Å². The fourth-order valence-corrected chi connectivity index (χ4v) is 1.54. The maximum absolute atomic E-state index is 9.17. The van der Waals surface area contributed by atoms with Crippen molar-refractivity contribution < 1.29 is 5.11 Å². The number of aliphatic hydroxyl groups is 1. The standard InChI is InChI=1S/C11H19BrN4O/c1-3-5-14-11-15-7-9(12)10(16-11)13-6-4-8(2)17/h7-8,17H,3-6H2,1-2H3,(H2,13,14,15,16). The molecular weight excluding hydrogens is 284 g/mol. The summed E-state index contributed by atoms with van der Waals surface area (Å²) in [5.74, 6) is 1.37. The molecule has 1 atom stereocenters. The van der Waals surface area contributed by atoms with E-state index in [1.807, 2.05) is 0 Å². The van der Waals surface area contributed by atoms with E-state index in [-0.39, 0.29) is 6.10 Å². The Labute approximate surface area is 110 Å². The molecule has 96 valence electrons. The molecule has 0 saturated carbocycles. The number of nitrogens with one attached hydrogen (secondary N) is 2. The molecule has 1 unspecified atom stereocenters. The maximum Gasteiger partial charge on any atom is 0.224 e. The summed E-state index contributed by atoms with van der Waals surface area (Å²) in [6.45, 7) is 5.40. The molecule has 6 heteroatoms. The first-order valence-electron chi connectivity index (χ1n) is 5.81. The third-order valence-electron chi connectivity index (χ3n) is 2.13. The van der Waals surface area contributed by atoms with Crippen molar-refractivity contribution in [2.24, 2.45) is 0 Å². The van der Waals surface area contributed by atoms with Crippen molar-refractivity contribution in [2.45, 2.75) is 32.8 Å². The van der Waals surface area contributed by atoms with E-state index in [0.717, 1.165) is 23.3 Å². The molecule has 1 aromatic heterocycles. The van der Waals surface area contributed by atoms with Gasteiger partial charge in [0.05, 0.1) is 10.6 Å². The first-order chi connectivity index (χ1) is 8.13. The van der Waals surface area contributed by atoms with Crippen LogP contribution in [0.25, 0.3) is 0 Å². The Bertz CT molecular complexity index is 346. The van der Waals surface area contributed by atoms with Crippen molar-refractivity contribution in [3.8, 4) is 0 Å². The smallest absolute Gasteiger partial charge is 0.224 e. The molecule has 5 nitrogen and oxygen atoms in total. The van der Waals surface area contributed by atoms with Crippen molar-refractivity contribution >= 4 is 27.7 Å². The summed E-state index contributed by atoms with van der Waals surface area (Å²) < 4.78 is 0.824. The normalized spacial score (nSPS) is 12.2. The van der Waals surface area contributed by atoms with Gasteiger partial charge in [-0.3, -0.25) is 0 Å². The summed E-state index contributed by atoms with van der Waals surface area (Å²) in [6.07, 6.45) is 3.13. The number of anilines is 2. The fourth-order valence-electron chi connectivity index (χ4n) is 1.21. The predicted octanol–water partition coefficient (Wildman–Crippen LogP) is 2.24. The Balaban J connectivity index is 2.56. The molecule has 0 aliphatic carbocycles. The third-order valence-corrected chi connectivity index (χ3v) is 2.71. The second-order valence-corrected chi connectivity index (χ2v) is 4.74. The van der Waals surface area contributed by atoms with Gasteiger partial charge in [0.15, 0.2) is 0 Å². The highest BCUT2D eigenvalue weighted by Gasteiger charge is 2.04. The van der Waals surface area contributed by atoms with Gasteiger partial charge in [-0.05, 0) is 35.7 Å². The van der Waals surface area contributed by atoms with Gasteiger partial charge in [0.25, 0.3) is 0 Å². The molecule has 3 N–H and O–H groups in total. The van der Waals surface area contributed by atoms with E-state index in [9.17, 15) is 5.11 Å². The zero-order valence-corrected chi connectivity index (χ0v) is 11.8. The number of halogens is 1. The van der Waals surface area contributed by atoms with Crippen LogP contribution in [0.15, 0.2) is 10.7 Å². The maximum atomic E-state index is 9.17. The molecular formula is C11H19BrN4O. The predicted molar refractivity (Wildman–Crippen MR) is 73.3 cm³/mol. The van der Waals surface area contributed by atoms with E-state index in [1.165, 1.54) is 0 Å². The van der Waals surface area contributed by atoms with Crippen LogP contribution >= 0.6 is 15.9 Å². The van der Waals surface area contributed by atoms with Gasteiger partial charge in [-0.1, -0.05) is 6.92 Å². The van der Waals surface area contributed by atoms with Crippen molar-refractivity contribution in [1.82, 2.24) is 9.97 Å². The zero-order valence-electron chi connectivity index (χ0n) is 10.2. The van der Waals surface area contributed by atoms with Crippen LogP contribution in [-0.4, -0.2) is 34.3 Å². The largest absolute Gasteiger partial charge is 0.393 e. The number of hydrogen-bond donors (Lipinski definition) is 3. The second-order valence-electron chi connectivity index (χ2n) is 3.88. The molecule has 1 aromatic rings. The lowest BCUT2D eigenvalue weighted by atomic mass is 10.3. The van der Waals surface area contributed by atoms with Crippen molar-refractivity contribution in [2.75, 3.05) is 23.7 Å². The SMILES string of the molecule is CCCNc1ncc(Br)c(NCCC(C)O)n1. The Morgan fingerprint density at radius 1 is 1.41 bits per heavy atom. The Hall–Kier alpha value is -0.880. The van der Waals surface area contributed by atoms with Gasteiger partial charge in [0.2, 0.25) is 5.95 Å². The number of aromatic nitrogens is 2. The van der Waals surface area contributed by atoms with E-state index in [1.54, 1.807) is 13.1 Å². The Morgan fingerprint density at radius 3 is 2.82 bits per heavy atom. The van der Waals surface area contributed by atoms with Crippen LogP contribution in [-0.2, 0) is 0 Å². The van der Waals surface area contributed by atoms with E-state index < -0.39 is 0 Å². The van der Waals surface area contributed by atoms with Crippen molar-refractivity contribution in [1.29, 1.82) is 0 Å². The molecule has 0 fully saturated rings. The zero-order chi connectivity index (χ0) is 12.7. The number of nitrogens with zero attached hydrogens (tertiary/aromatic N) is 2. The highest BCUT2D eigenvalue weighted by Crippen LogP contribution is 2.20.